The molecule has 0 radical (unpaired) electrons. The lowest BCUT2D eigenvalue weighted by molar-refractivity contribution is 0.438. The fourth-order valence-electron chi connectivity index (χ4n) is 1.66. The Labute approximate surface area is 95.6 Å². The van der Waals surface area contributed by atoms with Gasteiger partial charge in [-0.15, -0.1) is 0 Å². The van der Waals surface area contributed by atoms with Crippen molar-refractivity contribution in [1.82, 2.24) is 24.6 Å². The molecule has 3 N–H and O–H groups in total. The molecule has 0 amide bonds. The van der Waals surface area contributed by atoms with Crippen molar-refractivity contribution in [2.75, 3.05) is 5.73 Å². The zero-order valence-electron chi connectivity index (χ0n) is 8.65. The summed E-state index contributed by atoms with van der Waals surface area (Å²) < 4.78 is 1.30. The molecule has 0 unspecified atom stereocenters. The molecule has 0 saturated carbocycles. The molecular weight excluding hydrogens is 220 g/mol. The second-order valence-corrected chi connectivity index (χ2v) is 3.39. The number of rotatable bonds is 1. The predicted molar refractivity (Wildman–Crippen MR) is 60.1 cm³/mol. The van der Waals surface area contributed by atoms with E-state index in [0.717, 1.165) is 0 Å². The maximum absolute atomic E-state index is 9.74. The standard InChI is InChI=1S/C10H8N6O/c11-9-8-6(10-12-2-1-3-13-10)4-7(17)16(8)15-5-14-9/h1-5,17H,(H2,11,14,15). The molecule has 3 rings (SSSR count). The molecule has 3 aromatic rings. The number of nitrogen functional groups attached to an aromatic ring is 1. The Hall–Kier alpha value is -2.70. The maximum Gasteiger partial charge on any atom is 0.213 e. The van der Waals surface area contributed by atoms with E-state index in [1.165, 1.54) is 16.9 Å². The molecule has 0 spiro atoms. The van der Waals surface area contributed by atoms with E-state index < -0.39 is 0 Å². The van der Waals surface area contributed by atoms with Gasteiger partial charge in [-0.2, -0.15) is 9.61 Å². The zero-order valence-corrected chi connectivity index (χ0v) is 8.65. The molecule has 3 heterocycles. The summed E-state index contributed by atoms with van der Waals surface area (Å²) in [6.45, 7) is 0. The van der Waals surface area contributed by atoms with Crippen LogP contribution in [0, 0.1) is 0 Å². The summed E-state index contributed by atoms with van der Waals surface area (Å²) in [7, 11) is 0. The second kappa shape index (κ2) is 3.41. The van der Waals surface area contributed by atoms with Crippen LogP contribution in [-0.2, 0) is 0 Å². The summed E-state index contributed by atoms with van der Waals surface area (Å²) in [6, 6.07) is 3.22. The third-order valence-electron chi connectivity index (χ3n) is 2.37. The SMILES string of the molecule is Nc1ncnn2c(O)cc(-c3ncccn3)c12. The number of anilines is 1. The fourth-order valence-corrected chi connectivity index (χ4v) is 1.66. The Balaban J connectivity index is 2.38. The van der Waals surface area contributed by atoms with Crippen molar-refractivity contribution >= 4 is 11.3 Å². The number of hydrogen-bond donors (Lipinski definition) is 2. The average Bonchev–Trinajstić information content (AvgIpc) is 2.70. The molecule has 0 aliphatic heterocycles. The minimum atomic E-state index is -0.0310. The van der Waals surface area contributed by atoms with Gasteiger partial charge >= 0.3 is 0 Å². The molecule has 0 atom stereocenters. The van der Waals surface area contributed by atoms with Crippen molar-refractivity contribution in [3.63, 3.8) is 0 Å². The smallest absolute Gasteiger partial charge is 0.213 e. The number of nitrogens with two attached hydrogens (primary N) is 1. The number of aromatic nitrogens is 5. The first-order chi connectivity index (χ1) is 8.27. The van der Waals surface area contributed by atoms with Crippen LogP contribution < -0.4 is 5.73 Å². The molecule has 84 valence electrons. The summed E-state index contributed by atoms with van der Waals surface area (Å²) in [6.07, 6.45) is 4.50. The third-order valence-corrected chi connectivity index (χ3v) is 2.37. The third kappa shape index (κ3) is 1.36. The van der Waals surface area contributed by atoms with Gasteiger partial charge in [0, 0.05) is 18.5 Å². The highest BCUT2D eigenvalue weighted by Gasteiger charge is 2.15. The molecular formula is C10H8N6O. The van der Waals surface area contributed by atoms with Crippen LogP contribution in [0.25, 0.3) is 16.9 Å². The molecule has 7 heteroatoms. The Morgan fingerprint density at radius 2 is 1.94 bits per heavy atom. The molecule has 0 aromatic carbocycles. The van der Waals surface area contributed by atoms with Crippen LogP contribution in [0.15, 0.2) is 30.9 Å². The molecule has 0 aliphatic rings. The van der Waals surface area contributed by atoms with E-state index in [1.807, 2.05) is 0 Å². The van der Waals surface area contributed by atoms with Gasteiger partial charge in [-0.3, -0.25) is 0 Å². The monoisotopic (exact) mass is 228 g/mol. The van der Waals surface area contributed by atoms with E-state index in [2.05, 4.69) is 20.1 Å². The van der Waals surface area contributed by atoms with Gasteiger partial charge in [0.25, 0.3) is 0 Å². The van der Waals surface area contributed by atoms with Crippen LogP contribution in [0.4, 0.5) is 5.82 Å². The van der Waals surface area contributed by atoms with Crippen molar-refractivity contribution in [3.8, 4) is 17.3 Å². The van der Waals surface area contributed by atoms with Crippen molar-refractivity contribution in [1.29, 1.82) is 0 Å². The van der Waals surface area contributed by atoms with Crippen LogP contribution >= 0.6 is 0 Å². The first kappa shape index (κ1) is 9.52. The molecule has 7 nitrogen and oxygen atoms in total. The van der Waals surface area contributed by atoms with Crippen molar-refractivity contribution in [2.45, 2.75) is 0 Å². The van der Waals surface area contributed by atoms with Gasteiger partial charge in [0.2, 0.25) is 5.88 Å². The van der Waals surface area contributed by atoms with E-state index in [4.69, 9.17) is 5.73 Å². The number of hydrogen-bond acceptors (Lipinski definition) is 6. The largest absolute Gasteiger partial charge is 0.493 e. The van der Waals surface area contributed by atoms with Crippen LogP contribution in [-0.4, -0.2) is 29.7 Å². The highest BCUT2D eigenvalue weighted by Crippen LogP contribution is 2.30. The van der Waals surface area contributed by atoms with Crippen LogP contribution in [0.1, 0.15) is 0 Å². The molecule has 0 aliphatic carbocycles. The first-order valence-electron chi connectivity index (χ1n) is 4.86. The topological polar surface area (TPSA) is 102 Å². The predicted octanol–water partition coefficient (Wildman–Crippen LogP) is 0.474. The van der Waals surface area contributed by atoms with Crippen molar-refractivity contribution < 1.29 is 5.11 Å². The maximum atomic E-state index is 9.74. The van der Waals surface area contributed by atoms with Gasteiger partial charge in [0.1, 0.15) is 11.8 Å². The number of fused-ring (bicyclic) bond motifs is 1. The molecule has 0 fully saturated rings. The van der Waals surface area contributed by atoms with Gasteiger partial charge < -0.3 is 10.8 Å². The quantitative estimate of drug-likeness (QED) is 0.627. The highest BCUT2D eigenvalue weighted by atomic mass is 16.3. The Morgan fingerprint density at radius 3 is 2.71 bits per heavy atom. The van der Waals surface area contributed by atoms with E-state index in [-0.39, 0.29) is 11.7 Å². The Morgan fingerprint density at radius 1 is 1.18 bits per heavy atom. The summed E-state index contributed by atoms with van der Waals surface area (Å²) in [4.78, 5) is 12.1. The average molecular weight is 228 g/mol. The van der Waals surface area contributed by atoms with Crippen LogP contribution in [0.5, 0.6) is 5.88 Å². The summed E-state index contributed by atoms with van der Waals surface area (Å²) in [5.74, 6) is 0.700. The van der Waals surface area contributed by atoms with Gasteiger partial charge in [-0.05, 0) is 6.07 Å². The van der Waals surface area contributed by atoms with Gasteiger partial charge in [0.05, 0.1) is 5.56 Å². The van der Waals surface area contributed by atoms with Crippen LogP contribution in [0.3, 0.4) is 0 Å². The normalized spacial score (nSPS) is 10.8. The first-order valence-corrected chi connectivity index (χ1v) is 4.86. The number of aromatic hydroxyl groups is 1. The van der Waals surface area contributed by atoms with Gasteiger partial charge in [0.15, 0.2) is 11.6 Å². The van der Waals surface area contributed by atoms with E-state index >= 15 is 0 Å². The highest BCUT2D eigenvalue weighted by molar-refractivity contribution is 5.86. The second-order valence-electron chi connectivity index (χ2n) is 3.39. The van der Waals surface area contributed by atoms with Crippen LogP contribution in [0.2, 0.25) is 0 Å². The number of nitrogens with zero attached hydrogens (tertiary/aromatic N) is 5. The summed E-state index contributed by atoms with van der Waals surface area (Å²) >= 11 is 0. The Kier molecular flexibility index (Phi) is 1.91. The minimum Gasteiger partial charge on any atom is -0.493 e. The van der Waals surface area contributed by atoms with Crippen molar-refractivity contribution in [3.05, 3.63) is 30.9 Å². The van der Waals surface area contributed by atoms with Gasteiger partial charge in [-0.1, -0.05) is 0 Å². The lowest BCUT2D eigenvalue weighted by Crippen LogP contribution is -1.99. The van der Waals surface area contributed by atoms with E-state index in [9.17, 15) is 5.11 Å². The lowest BCUT2D eigenvalue weighted by atomic mass is 10.2. The molecule has 17 heavy (non-hydrogen) atoms. The van der Waals surface area contributed by atoms with Gasteiger partial charge in [-0.25, -0.2) is 15.0 Å². The van der Waals surface area contributed by atoms with E-state index in [0.29, 0.717) is 16.9 Å². The minimum absolute atomic E-state index is 0.0310. The summed E-state index contributed by atoms with van der Waals surface area (Å²) in [5.41, 5.74) is 6.86. The van der Waals surface area contributed by atoms with E-state index in [1.54, 1.807) is 18.5 Å². The molecule has 0 saturated heterocycles. The Bertz CT molecular complexity index is 678. The fraction of sp³-hybridized carbons (Fsp3) is 0. The molecule has 3 aromatic heterocycles. The molecule has 0 bridgehead atoms. The lowest BCUT2D eigenvalue weighted by Gasteiger charge is -2.00. The van der Waals surface area contributed by atoms with Crippen molar-refractivity contribution in [2.24, 2.45) is 0 Å². The summed E-state index contributed by atoms with van der Waals surface area (Å²) in [5, 5.41) is 13.6. The zero-order chi connectivity index (χ0) is 11.8.